The number of rotatable bonds is 5. The van der Waals surface area contributed by atoms with Crippen molar-refractivity contribution in [1.29, 1.82) is 0 Å². The zero-order chi connectivity index (χ0) is 13.6. The molecule has 18 heavy (non-hydrogen) atoms. The number of hydrogen-bond donors (Lipinski definition) is 1. The Morgan fingerprint density at radius 1 is 1.44 bits per heavy atom. The Kier molecular flexibility index (Phi) is 3.42. The smallest absolute Gasteiger partial charge is 0.308 e. The Morgan fingerprint density at radius 3 is 2.44 bits per heavy atom. The van der Waals surface area contributed by atoms with Crippen LogP contribution in [-0.2, 0) is 19.6 Å². The molecule has 0 radical (unpaired) electrons. The van der Waals surface area contributed by atoms with Gasteiger partial charge < -0.3 is 9.84 Å². The number of methoxy groups -OCH3 is 1. The van der Waals surface area contributed by atoms with Gasteiger partial charge in [-0.1, -0.05) is 6.92 Å². The summed E-state index contributed by atoms with van der Waals surface area (Å²) < 4.78 is 30.5. The first-order valence-electron chi connectivity index (χ1n) is 6.05. The highest BCUT2D eigenvalue weighted by Crippen LogP contribution is 2.46. The molecule has 2 atom stereocenters. The van der Waals surface area contributed by atoms with Gasteiger partial charge >= 0.3 is 5.97 Å². The van der Waals surface area contributed by atoms with Gasteiger partial charge in [0.25, 0.3) is 0 Å². The van der Waals surface area contributed by atoms with Crippen molar-refractivity contribution in [3.05, 3.63) is 0 Å². The van der Waals surface area contributed by atoms with Crippen LogP contribution in [0.5, 0.6) is 0 Å². The topological polar surface area (TPSA) is 83.9 Å². The summed E-state index contributed by atoms with van der Waals surface area (Å²) in [5.74, 6) is -1.66. The van der Waals surface area contributed by atoms with E-state index in [0.29, 0.717) is 19.4 Å². The van der Waals surface area contributed by atoms with Crippen molar-refractivity contribution in [3.8, 4) is 0 Å². The molecule has 104 valence electrons. The van der Waals surface area contributed by atoms with Crippen LogP contribution < -0.4 is 0 Å². The number of carboxylic acids is 1. The van der Waals surface area contributed by atoms with Gasteiger partial charge in [-0.15, -0.1) is 0 Å². The highest BCUT2D eigenvalue weighted by atomic mass is 32.2. The molecule has 0 spiro atoms. The maximum Gasteiger partial charge on any atom is 0.308 e. The van der Waals surface area contributed by atoms with Crippen LogP contribution in [-0.4, -0.2) is 55.4 Å². The first-order valence-corrected chi connectivity index (χ1v) is 7.49. The van der Waals surface area contributed by atoms with Crippen LogP contribution in [0.15, 0.2) is 0 Å². The third kappa shape index (κ3) is 2.04. The minimum Gasteiger partial charge on any atom is -0.481 e. The van der Waals surface area contributed by atoms with Crippen LogP contribution in [0.2, 0.25) is 0 Å². The lowest BCUT2D eigenvalue weighted by molar-refractivity contribution is -0.142. The number of carbonyl (C=O) groups is 1. The average molecular weight is 277 g/mol. The lowest BCUT2D eigenvalue weighted by atomic mass is 9.99. The summed E-state index contributed by atoms with van der Waals surface area (Å²) >= 11 is 0. The molecule has 2 rings (SSSR count). The standard InChI is InChI=1S/C11H19NO5S/c1-8-5-12(6-9(8)10(13)14)18(15,16)11(3-4-11)7-17-2/h8-9H,3-7H2,1-2H3,(H,13,14)/t8-,9-/m1/s1. The first-order chi connectivity index (χ1) is 8.34. The molecule has 6 nitrogen and oxygen atoms in total. The summed E-state index contributed by atoms with van der Waals surface area (Å²) in [5.41, 5.74) is 0. The highest BCUT2D eigenvalue weighted by molar-refractivity contribution is 7.90. The van der Waals surface area contributed by atoms with E-state index in [9.17, 15) is 13.2 Å². The summed E-state index contributed by atoms with van der Waals surface area (Å²) in [7, 11) is -1.96. The molecule has 0 bridgehead atoms. The Morgan fingerprint density at radius 2 is 2.06 bits per heavy atom. The van der Waals surface area contributed by atoms with E-state index >= 15 is 0 Å². The zero-order valence-corrected chi connectivity index (χ0v) is 11.4. The summed E-state index contributed by atoms with van der Waals surface area (Å²) in [5, 5.41) is 9.04. The Hall–Kier alpha value is -0.660. The second kappa shape index (κ2) is 4.47. The summed E-state index contributed by atoms with van der Waals surface area (Å²) in [6, 6.07) is 0. The van der Waals surface area contributed by atoms with E-state index < -0.39 is 26.7 Å². The van der Waals surface area contributed by atoms with Crippen LogP contribution in [0.3, 0.4) is 0 Å². The average Bonchev–Trinajstić information content (AvgIpc) is 2.95. The molecule has 1 aliphatic carbocycles. The molecule has 1 heterocycles. The van der Waals surface area contributed by atoms with Gasteiger partial charge in [0.15, 0.2) is 0 Å². The Bertz CT molecular complexity index is 442. The minimum absolute atomic E-state index is 0.0876. The van der Waals surface area contributed by atoms with Gasteiger partial charge in [0.2, 0.25) is 10.0 Å². The molecule has 2 fully saturated rings. The van der Waals surface area contributed by atoms with Crippen molar-refractivity contribution in [2.45, 2.75) is 24.5 Å². The minimum atomic E-state index is -3.44. The lowest BCUT2D eigenvalue weighted by Gasteiger charge is -2.23. The predicted octanol–water partition coefficient (Wildman–Crippen LogP) is 0.148. The number of carboxylic acid groups (broad SMARTS) is 1. The van der Waals surface area contributed by atoms with E-state index in [0.717, 1.165) is 0 Å². The highest BCUT2D eigenvalue weighted by Gasteiger charge is 2.58. The molecule has 0 aromatic carbocycles. The number of hydrogen-bond acceptors (Lipinski definition) is 4. The number of sulfonamides is 1. The van der Waals surface area contributed by atoms with Crippen LogP contribution in [0.4, 0.5) is 0 Å². The van der Waals surface area contributed by atoms with Crippen molar-refractivity contribution in [1.82, 2.24) is 4.31 Å². The second-order valence-corrected chi connectivity index (χ2v) is 7.69. The predicted molar refractivity (Wildman–Crippen MR) is 64.6 cm³/mol. The van der Waals surface area contributed by atoms with E-state index in [1.165, 1.54) is 11.4 Å². The molecule has 1 aliphatic heterocycles. The monoisotopic (exact) mass is 277 g/mol. The third-order valence-corrected chi connectivity index (χ3v) is 6.60. The molecule has 0 amide bonds. The summed E-state index contributed by atoms with van der Waals surface area (Å²) in [4.78, 5) is 11.0. The van der Waals surface area contributed by atoms with Crippen molar-refractivity contribution < 1.29 is 23.1 Å². The van der Waals surface area contributed by atoms with E-state index in [1.807, 2.05) is 0 Å². The van der Waals surface area contributed by atoms with Crippen molar-refractivity contribution in [3.63, 3.8) is 0 Å². The maximum atomic E-state index is 12.5. The first kappa shape index (κ1) is 13.8. The largest absolute Gasteiger partial charge is 0.481 e. The molecule has 1 N–H and O–H groups in total. The lowest BCUT2D eigenvalue weighted by Crippen LogP contribution is -2.41. The number of aliphatic carboxylic acids is 1. The summed E-state index contributed by atoms with van der Waals surface area (Å²) in [6.07, 6.45) is 1.21. The molecule has 1 saturated heterocycles. The Labute approximate surface area is 107 Å². The van der Waals surface area contributed by atoms with Gasteiger partial charge in [-0.05, 0) is 18.8 Å². The zero-order valence-electron chi connectivity index (χ0n) is 10.6. The number of nitrogens with zero attached hydrogens (tertiary/aromatic N) is 1. The van der Waals surface area contributed by atoms with E-state index in [4.69, 9.17) is 9.84 Å². The molecule has 0 aromatic rings. The SMILES string of the molecule is COCC1(S(=O)(=O)N2C[C@@H](C)[C@H](C(=O)O)C2)CC1. The molecule has 7 heteroatoms. The molecule has 1 saturated carbocycles. The van der Waals surface area contributed by atoms with E-state index in [-0.39, 0.29) is 19.1 Å². The fourth-order valence-electron chi connectivity index (χ4n) is 2.59. The van der Waals surface area contributed by atoms with Gasteiger partial charge in [-0.25, -0.2) is 12.7 Å². The normalized spacial score (nSPS) is 31.4. The van der Waals surface area contributed by atoms with Crippen molar-refractivity contribution in [2.75, 3.05) is 26.8 Å². The van der Waals surface area contributed by atoms with Crippen molar-refractivity contribution in [2.24, 2.45) is 11.8 Å². The van der Waals surface area contributed by atoms with Crippen LogP contribution in [0.25, 0.3) is 0 Å². The number of ether oxygens (including phenoxy) is 1. The van der Waals surface area contributed by atoms with Gasteiger partial charge in [0.05, 0.1) is 12.5 Å². The Balaban J connectivity index is 2.16. The van der Waals surface area contributed by atoms with Crippen molar-refractivity contribution >= 4 is 16.0 Å². The van der Waals surface area contributed by atoms with Gasteiger partial charge in [0.1, 0.15) is 4.75 Å². The fraction of sp³-hybridized carbons (Fsp3) is 0.909. The molecule has 2 aliphatic rings. The fourth-order valence-corrected chi connectivity index (χ4v) is 4.81. The van der Waals surface area contributed by atoms with Gasteiger partial charge in [-0.2, -0.15) is 0 Å². The van der Waals surface area contributed by atoms with Gasteiger partial charge in [-0.3, -0.25) is 4.79 Å². The van der Waals surface area contributed by atoms with E-state index in [1.54, 1.807) is 6.92 Å². The van der Waals surface area contributed by atoms with Crippen LogP contribution in [0, 0.1) is 11.8 Å². The molecular formula is C11H19NO5S. The third-order valence-electron chi connectivity index (χ3n) is 4.00. The molecular weight excluding hydrogens is 258 g/mol. The maximum absolute atomic E-state index is 12.5. The molecule has 0 unspecified atom stereocenters. The second-order valence-electron chi connectivity index (χ2n) is 5.36. The molecule has 0 aromatic heterocycles. The van der Waals surface area contributed by atoms with Crippen LogP contribution in [0.1, 0.15) is 19.8 Å². The van der Waals surface area contributed by atoms with Crippen LogP contribution >= 0.6 is 0 Å². The quantitative estimate of drug-likeness (QED) is 0.773. The van der Waals surface area contributed by atoms with E-state index in [2.05, 4.69) is 0 Å². The summed E-state index contributed by atoms with van der Waals surface area (Å²) in [6.45, 7) is 2.36. The van der Waals surface area contributed by atoms with Gasteiger partial charge in [0, 0.05) is 20.2 Å².